The number of rotatable bonds is 1. The van der Waals surface area contributed by atoms with Crippen molar-refractivity contribution in [1.82, 2.24) is 14.5 Å². The molecule has 0 bridgehead atoms. The summed E-state index contributed by atoms with van der Waals surface area (Å²) in [6.07, 6.45) is 5.29. The molecule has 0 aromatic carbocycles. The lowest BCUT2D eigenvalue weighted by molar-refractivity contribution is 0.129. The molecule has 5 nitrogen and oxygen atoms in total. The van der Waals surface area contributed by atoms with E-state index < -0.39 is 6.09 Å². The van der Waals surface area contributed by atoms with Gasteiger partial charge in [-0.2, -0.15) is 0 Å². The van der Waals surface area contributed by atoms with Crippen molar-refractivity contribution in [2.45, 2.75) is 12.5 Å². The molecule has 6 heteroatoms. The fraction of sp³-hybridized carbons (Fsp3) is 0.375. The molecule has 1 amide bonds. The molecule has 1 aliphatic heterocycles. The maximum atomic E-state index is 10.9. The predicted molar refractivity (Wildman–Crippen MR) is 51.1 cm³/mol. The van der Waals surface area contributed by atoms with Gasteiger partial charge in [-0.3, -0.25) is 4.90 Å². The molecule has 0 spiro atoms. The normalized spacial score (nSPS) is 21.1. The van der Waals surface area contributed by atoms with Crippen LogP contribution in [0.1, 0.15) is 17.3 Å². The van der Waals surface area contributed by atoms with E-state index in [0.717, 1.165) is 4.88 Å². The highest BCUT2D eigenvalue weighted by Gasteiger charge is 2.26. The fourth-order valence-electron chi connectivity index (χ4n) is 1.47. The Bertz CT molecular complexity index is 349. The molecule has 1 unspecified atom stereocenters. The lowest BCUT2D eigenvalue weighted by Crippen LogP contribution is -2.35. The molecule has 0 aliphatic carbocycles. The topological polar surface area (TPSA) is 66.3 Å². The van der Waals surface area contributed by atoms with Crippen LogP contribution in [-0.2, 0) is 0 Å². The number of hydrogen-bond donors (Lipinski definition) is 1. The van der Waals surface area contributed by atoms with Gasteiger partial charge in [0.05, 0.1) is 17.1 Å². The largest absolute Gasteiger partial charge is 0.465 e. The Kier molecular flexibility index (Phi) is 2.45. The first-order valence-electron chi connectivity index (χ1n) is 4.21. The first kappa shape index (κ1) is 9.14. The molecule has 1 aromatic rings. The van der Waals surface area contributed by atoms with E-state index in [-0.39, 0.29) is 6.04 Å². The SMILES string of the molecule is O=C(O)N1CC=CCC1c1cnns1. The van der Waals surface area contributed by atoms with Crippen molar-refractivity contribution in [1.29, 1.82) is 0 Å². The number of carboxylic acid groups (broad SMARTS) is 1. The highest BCUT2D eigenvalue weighted by molar-refractivity contribution is 7.05. The monoisotopic (exact) mass is 211 g/mol. The van der Waals surface area contributed by atoms with Crippen LogP contribution < -0.4 is 0 Å². The van der Waals surface area contributed by atoms with Gasteiger partial charge < -0.3 is 5.11 Å². The Morgan fingerprint density at radius 1 is 1.64 bits per heavy atom. The van der Waals surface area contributed by atoms with E-state index in [1.807, 2.05) is 12.2 Å². The third kappa shape index (κ3) is 1.60. The van der Waals surface area contributed by atoms with Crippen molar-refractivity contribution >= 4 is 17.6 Å². The van der Waals surface area contributed by atoms with Crippen LogP contribution in [0.3, 0.4) is 0 Å². The van der Waals surface area contributed by atoms with Crippen molar-refractivity contribution in [2.24, 2.45) is 0 Å². The molecule has 1 N–H and O–H groups in total. The molecule has 0 radical (unpaired) electrons. The van der Waals surface area contributed by atoms with E-state index in [1.165, 1.54) is 16.4 Å². The highest BCUT2D eigenvalue weighted by Crippen LogP contribution is 2.28. The third-order valence-corrected chi connectivity index (χ3v) is 2.92. The summed E-state index contributed by atoms with van der Waals surface area (Å²) in [6.45, 7) is 0.442. The Labute approximate surface area is 84.8 Å². The van der Waals surface area contributed by atoms with E-state index in [9.17, 15) is 4.79 Å². The van der Waals surface area contributed by atoms with Crippen LogP contribution in [0.5, 0.6) is 0 Å². The van der Waals surface area contributed by atoms with Gasteiger partial charge >= 0.3 is 6.09 Å². The predicted octanol–water partition coefficient (Wildman–Crippen LogP) is 1.52. The summed E-state index contributed by atoms with van der Waals surface area (Å²) >= 11 is 1.25. The second-order valence-electron chi connectivity index (χ2n) is 2.98. The summed E-state index contributed by atoms with van der Waals surface area (Å²) in [6, 6.07) is -0.113. The zero-order valence-electron chi connectivity index (χ0n) is 7.33. The average Bonchev–Trinajstić information content (AvgIpc) is 2.70. The van der Waals surface area contributed by atoms with Crippen molar-refractivity contribution < 1.29 is 9.90 Å². The van der Waals surface area contributed by atoms with Gasteiger partial charge in [0.15, 0.2) is 0 Å². The lowest BCUT2D eigenvalue weighted by atomic mass is 10.1. The van der Waals surface area contributed by atoms with Crippen molar-refractivity contribution in [2.75, 3.05) is 6.54 Å². The Hall–Kier alpha value is -1.43. The Morgan fingerprint density at radius 2 is 2.50 bits per heavy atom. The van der Waals surface area contributed by atoms with E-state index in [0.29, 0.717) is 13.0 Å². The van der Waals surface area contributed by atoms with Crippen LogP contribution in [0.15, 0.2) is 18.3 Å². The minimum Gasteiger partial charge on any atom is -0.465 e. The maximum absolute atomic E-state index is 10.9. The van der Waals surface area contributed by atoms with Crippen molar-refractivity contribution in [3.63, 3.8) is 0 Å². The quantitative estimate of drug-likeness (QED) is 0.715. The minimum absolute atomic E-state index is 0.113. The average molecular weight is 211 g/mol. The smallest absolute Gasteiger partial charge is 0.408 e. The molecular formula is C8H9N3O2S. The van der Waals surface area contributed by atoms with Crippen LogP contribution in [0.4, 0.5) is 4.79 Å². The zero-order valence-corrected chi connectivity index (χ0v) is 8.15. The van der Waals surface area contributed by atoms with Crippen LogP contribution in [0.2, 0.25) is 0 Å². The zero-order chi connectivity index (χ0) is 9.97. The Balaban J connectivity index is 2.24. The molecule has 2 rings (SSSR count). The summed E-state index contributed by atoms with van der Waals surface area (Å²) in [5.74, 6) is 0. The number of hydrogen-bond acceptors (Lipinski definition) is 4. The second-order valence-corrected chi connectivity index (χ2v) is 3.79. The van der Waals surface area contributed by atoms with Gasteiger partial charge in [-0.05, 0) is 18.0 Å². The Morgan fingerprint density at radius 3 is 3.14 bits per heavy atom. The van der Waals surface area contributed by atoms with Gasteiger partial charge in [0.25, 0.3) is 0 Å². The molecule has 0 saturated heterocycles. The summed E-state index contributed by atoms with van der Waals surface area (Å²) in [5.41, 5.74) is 0. The van der Waals surface area contributed by atoms with E-state index in [1.54, 1.807) is 6.20 Å². The summed E-state index contributed by atoms with van der Waals surface area (Å²) in [4.78, 5) is 13.2. The molecule has 1 aliphatic rings. The molecule has 1 aromatic heterocycles. The summed E-state index contributed by atoms with van der Waals surface area (Å²) in [5, 5.41) is 12.7. The number of amides is 1. The molecule has 0 saturated carbocycles. The molecule has 2 heterocycles. The first-order chi connectivity index (χ1) is 6.79. The van der Waals surface area contributed by atoms with Gasteiger partial charge in [-0.25, -0.2) is 4.79 Å². The number of aromatic nitrogens is 2. The van der Waals surface area contributed by atoms with Crippen LogP contribution in [0, 0.1) is 0 Å². The minimum atomic E-state index is -0.896. The van der Waals surface area contributed by atoms with Gasteiger partial charge in [0.2, 0.25) is 0 Å². The van der Waals surface area contributed by atoms with Gasteiger partial charge in [-0.15, -0.1) is 5.10 Å². The van der Waals surface area contributed by atoms with Crippen molar-refractivity contribution in [3.05, 3.63) is 23.2 Å². The second kappa shape index (κ2) is 3.75. The van der Waals surface area contributed by atoms with Gasteiger partial charge in [-0.1, -0.05) is 16.6 Å². The molecule has 0 fully saturated rings. The van der Waals surface area contributed by atoms with Crippen LogP contribution in [0.25, 0.3) is 0 Å². The van der Waals surface area contributed by atoms with E-state index in [4.69, 9.17) is 5.11 Å². The summed E-state index contributed by atoms with van der Waals surface area (Å²) in [7, 11) is 0. The molecule has 74 valence electrons. The maximum Gasteiger partial charge on any atom is 0.408 e. The lowest BCUT2D eigenvalue weighted by Gasteiger charge is -2.28. The highest BCUT2D eigenvalue weighted by atomic mass is 32.1. The summed E-state index contributed by atoms with van der Waals surface area (Å²) < 4.78 is 3.74. The van der Waals surface area contributed by atoms with Crippen LogP contribution in [-0.4, -0.2) is 32.2 Å². The third-order valence-electron chi connectivity index (χ3n) is 2.16. The number of nitrogens with zero attached hydrogens (tertiary/aromatic N) is 3. The molecule has 1 atom stereocenters. The molecular weight excluding hydrogens is 202 g/mol. The van der Waals surface area contributed by atoms with E-state index in [2.05, 4.69) is 9.59 Å². The molecule has 14 heavy (non-hydrogen) atoms. The van der Waals surface area contributed by atoms with Crippen LogP contribution >= 0.6 is 11.5 Å². The van der Waals surface area contributed by atoms with E-state index >= 15 is 0 Å². The number of carbonyl (C=O) groups is 1. The standard InChI is InChI=1S/C8H9N3O2S/c12-8(13)11-4-2-1-3-6(11)7-5-9-10-14-7/h1-2,5-6H,3-4H2,(H,12,13). The van der Waals surface area contributed by atoms with Crippen molar-refractivity contribution in [3.8, 4) is 0 Å². The fourth-order valence-corrected chi connectivity index (χ4v) is 2.10. The first-order valence-corrected chi connectivity index (χ1v) is 4.98. The van der Waals surface area contributed by atoms with Gasteiger partial charge in [0.1, 0.15) is 0 Å². The van der Waals surface area contributed by atoms with Gasteiger partial charge in [0, 0.05) is 6.54 Å².